The maximum atomic E-state index is 8.77. The van der Waals surface area contributed by atoms with Gasteiger partial charge in [0.1, 0.15) is 0 Å². The normalized spacial score (nSPS) is 9.75. The molecule has 1 rings (SSSR count). The van der Waals surface area contributed by atoms with Crippen molar-refractivity contribution in [3.8, 4) is 12.1 Å². The van der Waals surface area contributed by atoms with Crippen molar-refractivity contribution in [2.75, 3.05) is 13.6 Å². The van der Waals surface area contributed by atoms with Crippen molar-refractivity contribution in [3.05, 3.63) is 35.4 Å². The Morgan fingerprint density at radius 3 is 2.81 bits per heavy atom. The Balaban J connectivity index is 2.47. The summed E-state index contributed by atoms with van der Waals surface area (Å²) in [5.41, 5.74) is 1.83. The molecule has 1 aromatic carbocycles. The standard InChI is InChI=1S/C13H15N3/c1-16(8-3-2-7-14)11-13-6-4-5-12(9-13)10-15/h4-6,9H,2-3,8,11H2,1H3. The summed E-state index contributed by atoms with van der Waals surface area (Å²) in [5, 5.41) is 17.2. The van der Waals surface area contributed by atoms with Crippen LogP contribution in [0, 0.1) is 22.7 Å². The van der Waals surface area contributed by atoms with Gasteiger partial charge in [-0.2, -0.15) is 10.5 Å². The fourth-order valence-electron chi connectivity index (χ4n) is 1.56. The van der Waals surface area contributed by atoms with E-state index in [1.165, 1.54) is 0 Å². The Kier molecular flexibility index (Phi) is 5.05. The van der Waals surface area contributed by atoms with Gasteiger partial charge in [-0.25, -0.2) is 0 Å². The molecule has 0 spiro atoms. The third-order valence-electron chi connectivity index (χ3n) is 2.34. The number of unbranched alkanes of at least 4 members (excludes halogenated alkanes) is 1. The SMILES string of the molecule is CN(CCCC#N)Cc1cccc(C#N)c1. The highest BCUT2D eigenvalue weighted by molar-refractivity contribution is 5.32. The van der Waals surface area contributed by atoms with E-state index >= 15 is 0 Å². The summed E-state index contributed by atoms with van der Waals surface area (Å²) in [7, 11) is 2.02. The number of nitrogens with zero attached hydrogens (tertiary/aromatic N) is 3. The zero-order valence-corrected chi connectivity index (χ0v) is 9.48. The van der Waals surface area contributed by atoms with Gasteiger partial charge in [0, 0.05) is 13.0 Å². The Morgan fingerprint density at radius 2 is 2.12 bits per heavy atom. The fourth-order valence-corrected chi connectivity index (χ4v) is 1.56. The third-order valence-corrected chi connectivity index (χ3v) is 2.34. The zero-order chi connectivity index (χ0) is 11.8. The van der Waals surface area contributed by atoms with Crippen LogP contribution in [0.5, 0.6) is 0 Å². The average Bonchev–Trinajstić information content (AvgIpc) is 2.29. The van der Waals surface area contributed by atoms with Gasteiger partial charge >= 0.3 is 0 Å². The van der Waals surface area contributed by atoms with Crippen LogP contribution in [0.1, 0.15) is 24.0 Å². The second-order valence-electron chi connectivity index (χ2n) is 3.81. The van der Waals surface area contributed by atoms with E-state index in [0.717, 1.165) is 25.1 Å². The molecule has 0 saturated heterocycles. The quantitative estimate of drug-likeness (QED) is 0.705. The van der Waals surface area contributed by atoms with Gasteiger partial charge in [-0.1, -0.05) is 12.1 Å². The molecule has 0 aliphatic heterocycles. The summed E-state index contributed by atoms with van der Waals surface area (Å²) in [6.07, 6.45) is 1.49. The highest BCUT2D eigenvalue weighted by Crippen LogP contribution is 2.07. The largest absolute Gasteiger partial charge is 0.302 e. The van der Waals surface area contributed by atoms with E-state index in [1.807, 2.05) is 25.2 Å². The molecule has 0 atom stereocenters. The molecular weight excluding hydrogens is 198 g/mol. The second-order valence-corrected chi connectivity index (χ2v) is 3.81. The maximum Gasteiger partial charge on any atom is 0.0991 e. The summed E-state index contributed by atoms with van der Waals surface area (Å²) in [6.45, 7) is 1.73. The molecule has 0 unspecified atom stereocenters. The van der Waals surface area contributed by atoms with Gasteiger partial charge in [-0.15, -0.1) is 0 Å². The smallest absolute Gasteiger partial charge is 0.0991 e. The van der Waals surface area contributed by atoms with Crippen LogP contribution in [0.4, 0.5) is 0 Å². The summed E-state index contributed by atoms with van der Waals surface area (Å²) >= 11 is 0. The number of rotatable bonds is 5. The minimum atomic E-state index is 0.600. The van der Waals surface area contributed by atoms with Crippen molar-refractivity contribution in [2.45, 2.75) is 19.4 Å². The van der Waals surface area contributed by atoms with Crippen LogP contribution in [-0.2, 0) is 6.54 Å². The first-order valence-electron chi connectivity index (χ1n) is 5.31. The van der Waals surface area contributed by atoms with Crippen LogP contribution < -0.4 is 0 Å². The molecule has 0 heterocycles. The van der Waals surface area contributed by atoms with Gasteiger partial charge in [-0.3, -0.25) is 0 Å². The van der Waals surface area contributed by atoms with Gasteiger partial charge < -0.3 is 4.90 Å². The molecule has 1 aromatic rings. The lowest BCUT2D eigenvalue weighted by atomic mass is 10.1. The van der Waals surface area contributed by atoms with Crippen molar-refractivity contribution < 1.29 is 0 Å². The highest BCUT2D eigenvalue weighted by atomic mass is 15.1. The first-order valence-corrected chi connectivity index (χ1v) is 5.31. The maximum absolute atomic E-state index is 8.77. The predicted octanol–water partition coefficient (Wildman–Crippen LogP) is 2.29. The number of hydrogen-bond acceptors (Lipinski definition) is 3. The van der Waals surface area contributed by atoms with Crippen LogP contribution in [-0.4, -0.2) is 18.5 Å². The molecule has 82 valence electrons. The molecule has 0 amide bonds. The lowest BCUT2D eigenvalue weighted by Gasteiger charge is -2.15. The molecular formula is C13H15N3. The van der Waals surface area contributed by atoms with Crippen LogP contribution in [0.15, 0.2) is 24.3 Å². The molecule has 0 aromatic heterocycles. The van der Waals surface area contributed by atoms with Crippen LogP contribution in [0.2, 0.25) is 0 Å². The van der Waals surface area contributed by atoms with E-state index in [0.29, 0.717) is 12.0 Å². The minimum absolute atomic E-state index is 0.600. The van der Waals surface area contributed by atoms with E-state index < -0.39 is 0 Å². The summed E-state index contributed by atoms with van der Waals surface area (Å²) < 4.78 is 0. The molecule has 0 radical (unpaired) electrons. The van der Waals surface area contributed by atoms with Gasteiger partial charge in [-0.05, 0) is 37.7 Å². The predicted molar refractivity (Wildman–Crippen MR) is 62.3 cm³/mol. The van der Waals surface area contributed by atoms with Crippen molar-refractivity contribution >= 4 is 0 Å². The number of nitriles is 2. The van der Waals surface area contributed by atoms with Crippen LogP contribution >= 0.6 is 0 Å². The highest BCUT2D eigenvalue weighted by Gasteiger charge is 2.00. The summed E-state index contributed by atoms with van der Waals surface area (Å²) in [5.74, 6) is 0. The number of benzene rings is 1. The lowest BCUT2D eigenvalue weighted by molar-refractivity contribution is 0.323. The van der Waals surface area contributed by atoms with Crippen molar-refractivity contribution in [1.29, 1.82) is 10.5 Å². The Morgan fingerprint density at radius 1 is 1.31 bits per heavy atom. The Hall–Kier alpha value is -1.84. The van der Waals surface area contributed by atoms with E-state index in [4.69, 9.17) is 10.5 Å². The lowest BCUT2D eigenvalue weighted by Crippen LogP contribution is -2.18. The summed E-state index contributed by atoms with van der Waals surface area (Å²) in [6, 6.07) is 11.9. The van der Waals surface area contributed by atoms with Crippen molar-refractivity contribution in [3.63, 3.8) is 0 Å². The Labute approximate surface area is 96.5 Å². The van der Waals surface area contributed by atoms with Gasteiger partial charge in [0.15, 0.2) is 0 Å². The van der Waals surface area contributed by atoms with E-state index in [2.05, 4.69) is 17.0 Å². The first-order chi connectivity index (χ1) is 7.76. The van der Waals surface area contributed by atoms with E-state index in [-0.39, 0.29) is 0 Å². The van der Waals surface area contributed by atoms with E-state index in [9.17, 15) is 0 Å². The average molecular weight is 213 g/mol. The van der Waals surface area contributed by atoms with Crippen molar-refractivity contribution in [2.24, 2.45) is 0 Å². The second kappa shape index (κ2) is 6.61. The van der Waals surface area contributed by atoms with Crippen LogP contribution in [0.25, 0.3) is 0 Å². The molecule has 3 heteroatoms. The van der Waals surface area contributed by atoms with Crippen LogP contribution in [0.3, 0.4) is 0 Å². The third kappa shape index (κ3) is 4.13. The fraction of sp³-hybridized carbons (Fsp3) is 0.385. The molecule has 3 nitrogen and oxygen atoms in total. The van der Waals surface area contributed by atoms with Crippen molar-refractivity contribution in [1.82, 2.24) is 4.90 Å². The van der Waals surface area contributed by atoms with E-state index in [1.54, 1.807) is 6.07 Å². The molecule has 0 fully saturated rings. The molecule has 0 N–H and O–H groups in total. The first kappa shape index (κ1) is 12.2. The topological polar surface area (TPSA) is 50.8 Å². The molecule has 0 saturated carbocycles. The van der Waals surface area contributed by atoms with Gasteiger partial charge in [0.25, 0.3) is 0 Å². The molecule has 0 bridgehead atoms. The Bertz CT molecular complexity index is 412. The summed E-state index contributed by atoms with van der Waals surface area (Å²) in [4.78, 5) is 2.16. The van der Waals surface area contributed by atoms with Gasteiger partial charge in [0.05, 0.1) is 17.7 Å². The monoisotopic (exact) mass is 213 g/mol. The zero-order valence-electron chi connectivity index (χ0n) is 9.48. The molecule has 16 heavy (non-hydrogen) atoms. The minimum Gasteiger partial charge on any atom is -0.302 e. The molecule has 0 aliphatic rings. The molecule has 0 aliphatic carbocycles. The number of hydrogen-bond donors (Lipinski definition) is 0. The van der Waals surface area contributed by atoms with Gasteiger partial charge in [0.2, 0.25) is 0 Å².